The molecule has 0 atom stereocenters. The second-order valence-electron chi connectivity index (χ2n) is 7.36. The van der Waals surface area contributed by atoms with E-state index in [0.29, 0.717) is 5.92 Å². The van der Waals surface area contributed by atoms with Crippen molar-refractivity contribution in [3.8, 4) is 16.9 Å². The number of benzene rings is 2. The molecule has 0 fully saturated rings. The zero-order valence-electron chi connectivity index (χ0n) is 16.6. The number of nitrogens with one attached hydrogen (secondary N) is 1. The molecule has 5 heteroatoms. The Morgan fingerprint density at radius 3 is 2.50 bits per heavy atom. The summed E-state index contributed by atoms with van der Waals surface area (Å²) in [5.74, 6) is 0.505. The van der Waals surface area contributed by atoms with Crippen LogP contribution in [-0.2, 0) is 0 Å². The Bertz CT molecular complexity index is 1090. The van der Waals surface area contributed by atoms with Crippen LogP contribution in [0.1, 0.15) is 36.6 Å². The van der Waals surface area contributed by atoms with Crippen molar-refractivity contribution in [1.29, 1.82) is 0 Å². The van der Waals surface area contributed by atoms with Crippen molar-refractivity contribution in [3.05, 3.63) is 77.2 Å². The number of imidazole rings is 1. The Hall–Kier alpha value is -2.92. The van der Waals surface area contributed by atoms with E-state index in [1.54, 1.807) is 11.3 Å². The Balaban J connectivity index is 1.54. The van der Waals surface area contributed by atoms with Crippen LogP contribution in [-0.4, -0.2) is 14.5 Å². The van der Waals surface area contributed by atoms with E-state index in [4.69, 9.17) is 4.98 Å². The molecule has 1 N–H and O–H groups in total. The van der Waals surface area contributed by atoms with Crippen molar-refractivity contribution in [2.45, 2.75) is 33.6 Å². The van der Waals surface area contributed by atoms with Crippen molar-refractivity contribution in [2.75, 3.05) is 5.32 Å². The molecule has 28 heavy (non-hydrogen) atoms. The molecule has 0 saturated carbocycles. The Morgan fingerprint density at radius 2 is 1.82 bits per heavy atom. The molecule has 4 rings (SSSR count). The molecule has 0 aliphatic carbocycles. The van der Waals surface area contributed by atoms with Crippen LogP contribution >= 0.6 is 11.3 Å². The number of rotatable bonds is 5. The van der Waals surface area contributed by atoms with Gasteiger partial charge in [0.25, 0.3) is 0 Å². The summed E-state index contributed by atoms with van der Waals surface area (Å²) in [7, 11) is 0. The number of anilines is 2. The van der Waals surface area contributed by atoms with E-state index >= 15 is 0 Å². The standard InChI is InChI=1S/C23H24N4S/c1-15(2)19-6-5-16(3)21(11-19)25-23-26-22(13-28-23)18-7-9-20(10-8-18)27-12-17(4)24-14-27/h5-15H,1-4H3,(H,25,26). The van der Waals surface area contributed by atoms with Gasteiger partial charge in [0.1, 0.15) is 0 Å². The van der Waals surface area contributed by atoms with E-state index in [1.807, 2.05) is 24.0 Å². The highest BCUT2D eigenvalue weighted by atomic mass is 32.1. The van der Waals surface area contributed by atoms with E-state index < -0.39 is 0 Å². The first-order valence-corrected chi connectivity index (χ1v) is 10.3. The summed E-state index contributed by atoms with van der Waals surface area (Å²) < 4.78 is 2.03. The van der Waals surface area contributed by atoms with Gasteiger partial charge in [0.05, 0.1) is 17.7 Å². The highest BCUT2D eigenvalue weighted by Crippen LogP contribution is 2.30. The van der Waals surface area contributed by atoms with Crippen LogP contribution in [0.3, 0.4) is 0 Å². The molecule has 2 heterocycles. The van der Waals surface area contributed by atoms with Crippen LogP contribution in [0.5, 0.6) is 0 Å². The first-order chi connectivity index (χ1) is 13.5. The second kappa shape index (κ2) is 7.60. The van der Waals surface area contributed by atoms with Gasteiger partial charge in [0.2, 0.25) is 0 Å². The first-order valence-electron chi connectivity index (χ1n) is 9.44. The van der Waals surface area contributed by atoms with Crippen molar-refractivity contribution in [1.82, 2.24) is 14.5 Å². The summed E-state index contributed by atoms with van der Waals surface area (Å²) in [5, 5.41) is 6.50. The van der Waals surface area contributed by atoms with Gasteiger partial charge in [0.15, 0.2) is 5.13 Å². The fourth-order valence-corrected chi connectivity index (χ4v) is 3.81. The molecule has 2 aromatic heterocycles. The molecule has 0 unspecified atom stereocenters. The third-order valence-electron chi connectivity index (χ3n) is 4.85. The van der Waals surface area contributed by atoms with Gasteiger partial charge < -0.3 is 9.88 Å². The van der Waals surface area contributed by atoms with Crippen LogP contribution in [0.25, 0.3) is 16.9 Å². The predicted octanol–water partition coefficient (Wildman–Crippen LogP) is 6.48. The normalized spacial score (nSPS) is 11.2. The third kappa shape index (κ3) is 3.85. The van der Waals surface area contributed by atoms with E-state index in [-0.39, 0.29) is 0 Å². The smallest absolute Gasteiger partial charge is 0.187 e. The van der Waals surface area contributed by atoms with Crippen LogP contribution in [0.15, 0.2) is 60.4 Å². The average molecular weight is 389 g/mol. The minimum atomic E-state index is 0.505. The molecule has 4 aromatic rings. The predicted molar refractivity (Wildman–Crippen MR) is 118 cm³/mol. The summed E-state index contributed by atoms with van der Waals surface area (Å²) in [4.78, 5) is 9.07. The van der Waals surface area contributed by atoms with Gasteiger partial charge in [-0.3, -0.25) is 0 Å². The number of aromatic nitrogens is 3. The number of thiazole rings is 1. The van der Waals surface area contributed by atoms with Crippen LogP contribution in [0.4, 0.5) is 10.8 Å². The second-order valence-corrected chi connectivity index (χ2v) is 8.22. The molecular formula is C23H24N4S. The lowest BCUT2D eigenvalue weighted by Crippen LogP contribution is -1.96. The van der Waals surface area contributed by atoms with E-state index in [0.717, 1.165) is 33.5 Å². The maximum atomic E-state index is 4.79. The van der Waals surface area contributed by atoms with Gasteiger partial charge in [-0.25, -0.2) is 9.97 Å². The van der Waals surface area contributed by atoms with Crippen molar-refractivity contribution in [3.63, 3.8) is 0 Å². The maximum absolute atomic E-state index is 4.79. The van der Waals surface area contributed by atoms with E-state index in [2.05, 4.69) is 78.9 Å². The lowest BCUT2D eigenvalue weighted by Gasteiger charge is -2.11. The molecule has 0 bridgehead atoms. The average Bonchev–Trinajstić information content (AvgIpc) is 3.33. The van der Waals surface area contributed by atoms with Crippen LogP contribution in [0.2, 0.25) is 0 Å². The largest absolute Gasteiger partial charge is 0.331 e. The Morgan fingerprint density at radius 1 is 1.04 bits per heavy atom. The molecule has 0 aliphatic heterocycles. The molecule has 2 aromatic carbocycles. The number of nitrogens with zero attached hydrogens (tertiary/aromatic N) is 3. The van der Waals surface area contributed by atoms with E-state index in [9.17, 15) is 0 Å². The Kier molecular flexibility index (Phi) is 5.01. The summed E-state index contributed by atoms with van der Waals surface area (Å²) >= 11 is 1.63. The van der Waals surface area contributed by atoms with Crippen LogP contribution < -0.4 is 5.32 Å². The highest BCUT2D eigenvalue weighted by molar-refractivity contribution is 7.14. The van der Waals surface area contributed by atoms with Gasteiger partial charge in [-0.05, 0) is 49.1 Å². The summed E-state index contributed by atoms with van der Waals surface area (Å²) in [6.45, 7) is 8.54. The van der Waals surface area contributed by atoms with Crippen molar-refractivity contribution >= 4 is 22.2 Å². The molecule has 0 amide bonds. The zero-order valence-corrected chi connectivity index (χ0v) is 17.4. The fraction of sp³-hybridized carbons (Fsp3) is 0.217. The quantitative estimate of drug-likeness (QED) is 0.425. The number of hydrogen-bond donors (Lipinski definition) is 1. The molecular weight excluding hydrogens is 364 g/mol. The molecule has 0 radical (unpaired) electrons. The molecule has 4 nitrogen and oxygen atoms in total. The van der Waals surface area contributed by atoms with Crippen molar-refractivity contribution in [2.24, 2.45) is 0 Å². The minimum Gasteiger partial charge on any atom is -0.331 e. The number of hydrogen-bond acceptors (Lipinski definition) is 4. The molecule has 0 aliphatic rings. The van der Waals surface area contributed by atoms with Gasteiger partial charge in [-0.1, -0.05) is 38.1 Å². The number of aryl methyl sites for hydroxylation is 2. The summed E-state index contributed by atoms with van der Waals surface area (Å²) in [6, 6.07) is 15.0. The first kappa shape index (κ1) is 18.4. The monoisotopic (exact) mass is 388 g/mol. The SMILES string of the molecule is Cc1cn(-c2ccc(-c3csc(Nc4cc(C(C)C)ccc4C)n3)cc2)cn1. The summed E-state index contributed by atoms with van der Waals surface area (Å²) in [6.07, 6.45) is 3.86. The topological polar surface area (TPSA) is 42.7 Å². The van der Waals surface area contributed by atoms with Gasteiger partial charge in [-0.2, -0.15) is 0 Å². The van der Waals surface area contributed by atoms with Crippen LogP contribution in [0, 0.1) is 13.8 Å². The third-order valence-corrected chi connectivity index (χ3v) is 5.60. The zero-order chi connectivity index (χ0) is 19.7. The highest BCUT2D eigenvalue weighted by Gasteiger charge is 2.09. The lowest BCUT2D eigenvalue weighted by molar-refractivity contribution is 0.866. The molecule has 0 saturated heterocycles. The molecule has 0 spiro atoms. The minimum absolute atomic E-state index is 0.505. The Labute approximate surface area is 169 Å². The maximum Gasteiger partial charge on any atom is 0.187 e. The summed E-state index contributed by atoms with van der Waals surface area (Å²) in [5.41, 5.74) is 7.88. The van der Waals surface area contributed by atoms with Gasteiger partial charge >= 0.3 is 0 Å². The van der Waals surface area contributed by atoms with E-state index in [1.165, 1.54) is 11.1 Å². The fourth-order valence-electron chi connectivity index (χ4n) is 3.08. The van der Waals surface area contributed by atoms with Gasteiger partial charge in [0, 0.05) is 28.5 Å². The van der Waals surface area contributed by atoms with Gasteiger partial charge in [-0.15, -0.1) is 11.3 Å². The lowest BCUT2D eigenvalue weighted by atomic mass is 10.0. The van der Waals surface area contributed by atoms with Crippen molar-refractivity contribution < 1.29 is 0 Å². The molecule has 142 valence electrons.